The number of nitrogens with one attached hydrogen (secondary N) is 2. The van der Waals surface area contributed by atoms with Crippen LogP contribution in [0.2, 0.25) is 0 Å². The van der Waals surface area contributed by atoms with Gasteiger partial charge in [-0.15, -0.1) is 0 Å². The Morgan fingerprint density at radius 1 is 0.902 bits per heavy atom. The number of nitro groups is 1. The highest BCUT2D eigenvalue weighted by molar-refractivity contribution is 6.13. The standard InChI is InChI=1S/C30H32FN5O5/c1-34-16-12-24(13-17-34)41-28-19-23(35-14-2-3-15-35)9-10-25(28)29(37)33-27-11-4-20(31)18-26(27)30(38)32-21-5-7-22(8-6-21)36(39)40/h4-11,18-19,24H,2-3,12-17H2,1H3,(H,32,38)(H,33,37). The van der Waals surface area contributed by atoms with Crippen molar-refractivity contribution in [1.82, 2.24) is 4.90 Å². The molecule has 0 spiro atoms. The molecule has 41 heavy (non-hydrogen) atoms. The summed E-state index contributed by atoms with van der Waals surface area (Å²) in [4.78, 5) is 41.5. The molecule has 0 radical (unpaired) electrons. The van der Waals surface area contributed by atoms with Crippen LogP contribution in [0.3, 0.4) is 0 Å². The van der Waals surface area contributed by atoms with Crippen molar-refractivity contribution in [3.05, 3.63) is 87.7 Å². The molecule has 214 valence electrons. The molecule has 3 aromatic carbocycles. The highest BCUT2D eigenvalue weighted by atomic mass is 19.1. The van der Waals surface area contributed by atoms with E-state index < -0.39 is 22.6 Å². The van der Waals surface area contributed by atoms with Crippen LogP contribution >= 0.6 is 0 Å². The van der Waals surface area contributed by atoms with Crippen LogP contribution in [0, 0.1) is 15.9 Å². The van der Waals surface area contributed by atoms with Gasteiger partial charge >= 0.3 is 0 Å². The minimum Gasteiger partial charge on any atom is -0.489 e. The van der Waals surface area contributed by atoms with Crippen LogP contribution in [0.25, 0.3) is 0 Å². The Morgan fingerprint density at radius 2 is 1.59 bits per heavy atom. The molecule has 5 rings (SSSR count). The van der Waals surface area contributed by atoms with E-state index in [1.807, 2.05) is 12.1 Å². The van der Waals surface area contributed by atoms with Gasteiger partial charge in [0, 0.05) is 55.8 Å². The van der Waals surface area contributed by atoms with Crippen LogP contribution in [-0.4, -0.2) is 61.0 Å². The van der Waals surface area contributed by atoms with Gasteiger partial charge in [-0.05, 0) is 75.2 Å². The first-order chi connectivity index (χ1) is 19.8. The average molecular weight is 562 g/mol. The van der Waals surface area contributed by atoms with E-state index in [1.54, 1.807) is 6.07 Å². The topological polar surface area (TPSA) is 117 Å². The Hall–Kier alpha value is -4.51. The van der Waals surface area contributed by atoms with Crippen molar-refractivity contribution in [3.8, 4) is 5.75 Å². The number of carbonyl (C=O) groups excluding carboxylic acids is 2. The maximum absolute atomic E-state index is 14.2. The monoisotopic (exact) mass is 561 g/mol. The third-order valence-corrected chi connectivity index (χ3v) is 7.45. The quantitative estimate of drug-likeness (QED) is 0.283. The smallest absolute Gasteiger partial charge is 0.269 e. The largest absolute Gasteiger partial charge is 0.489 e. The maximum atomic E-state index is 14.2. The van der Waals surface area contributed by atoms with E-state index in [2.05, 4.69) is 27.5 Å². The fourth-order valence-corrected chi connectivity index (χ4v) is 5.12. The van der Waals surface area contributed by atoms with E-state index in [1.165, 1.54) is 30.3 Å². The van der Waals surface area contributed by atoms with Gasteiger partial charge in [0.25, 0.3) is 17.5 Å². The maximum Gasteiger partial charge on any atom is 0.269 e. The molecule has 11 heteroatoms. The number of halogens is 1. The normalized spacial score (nSPS) is 15.9. The molecule has 0 saturated carbocycles. The van der Waals surface area contributed by atoms with Crippen LogP contribution in [0.1, 0.15) is 46.4 Å². The third-order valence-electron chi connectivity index (χ3n) is 7.45. The summed E-state index contributed by atoms with van der Waals surface area (Å²) in [5.74, 6) is -1.35. The molecule has 2 amide bonds. The summed E-state index contributed by atoms with van der Waals surface area (Å²) < 4.78 is 20.6. The van der Waals surface area contributed by atoms with Gasteiger partial charge in [-0.1, -0.05) is 0 Å². The molecule has 2 fully saturated rings. The van der Waals surface area contributed by atoms with E-state index in [4.69, 9.17) is 4.74 Å². The first-order valence-corrected chi connectivity index (χ1v) is 13.7. The summed E-state index contributed by atoms with van der Waals surface area (Å²) in [6, 6.07) is 14.3. The number of hydrogen-bond acceptors (Lipinski definition) is 7. The summed E-state index contributed by atoms with van der Waals surface area (Å²) in [7, 11) is 2.07. The molecule has 2 N–H and O–H groups in total. The third kappa shape index (κ3) is 6.80. The van der Waals surface area contributed by atoms with Gasteiger partial charge in [0.05, 0.1) is 21.7 Å². The number of non-ortho nitro benzene ring substituents is 1. The van der Waals surface area contributed by atoms with Gasteiger partial charge in [-0.3, -0.25) is 19.7 Å². The number of amides is 2. The van der Waals surface area contributed by atoms with Crippen LogP contribution in [0.15, 0.2) is 60.7 Å². The molecular weight excluding hydrogens is 529 g/mol. The van der Waals surface area contributed by atoms with Crippen LogP contribution in [0.5, 0.6) is 5.75 Å². The first-order valence-electron chi connectivity index (χ1n) is 13.7. The summed E-state index contributed by atoms with van der Waals surface area (Å²) in [5, 5.41) is 16.3. The second-order valence-corrected chi connectivity index (χ2v) is 10.4. The van der Waals surface area contributed by atoms with Crippen molar-refractivity contribution < 1.29 is 23.6 Å². The van der Waals surface area contributed by atoms with Crippen molar-refractivity contribution in [2.75, 3.05) is 48.8 Å². The van der Waals surface area contributed by atoms with Crippen LogP contribution in [0.4, 0.5) is 27.1 Å². The first kappa shape index (κ1) is 28.0. The zero-order valence-corrected chi connectivity index (χ0v) is 22.8. The molecule has 2 heterocycles. The van der Waals surface area contributed by atoms with Gasteiger partial charge in [0.2, 0.25) is 0 Å². The molecule has 0 atom stereocenters. The van der Waals surface area contributed by atoms with E-state index in [0.29, 0.717) is 11.3 Å². The zero-order valence-electron chi connectivity index (χ0n) is 22.8. The number of anilines is 3. The van der Waals surface area contributed by atoms with E-state index in [0.717, 1.165) is 69.7 Å². The highest BCUT2D eigenvalue weighted by Crippen LogP contribution is 2.31. The number of piperidine rings is 1. The lowest BCUT2D eigenvalue weighted by molar-refractivity contribution is -0.384. The Morgan fingerprint density at radius 3 is 2.27 bits per heavy atom. The van der Waals surface area contributed by atoms with Gasteiger partial charge in [0.15, 0.2) is 0 Å². The number of likely N-dealkylation sites (tertiary alicyclic amines) is 1. The number of carbonyl (C=O) groups is 2. The van der Waals surface area contributed by atoms with Crippen molar-refractivity contribution in [3.63, 3.8) is 0 Å². The lowest BCUT2D eigenvalue weighted by Crippen LogP contribution is -2.36. The Balaban J connectivity index is 1.38. The predicted molar refractivity (Wildman–Crippen MR) is 154 cm³/mol. The molecule has 3 aromatic rings. The van der Waals surface area contributed by atoms with E-state index >= 15 is 0 Å². The molecular formula is C30H32FN5O5. The van der Waals surface area contributed by atoms with Gasteiger partial charge in [-0.25, -0.2) is 4.39 Å². The van der Waals surface area contributed by atoms with Crippen LogP contribution in [-0.2, 0) is 0 Å². The molecule has 0 aliphatic carbocycles. The number of ether oxygens (including phenoxy) is 1. The van der Waals surface area contributed by atoms with E-state index in [9.17, 15) is 24.1 Å². The molecule has 10 nitrogen and oxygen atoms in total. The van der Waals surface area contributed by atoms with Gasteiger partial charge in [0.1, 0.15) is 17.7 Å². The minimum atomic E-state index is -0.680. The average Bonchev–Trinajstić information content (AvgIpc) is 3.51. The summed E-state index contributed by atoms with van der Waals surface area (Å²) in [6.45, 7) is 3.70. The Labute approximate surface area is 237 Å². The van der Waals surface area contributed by atoms with Crippen molar-refractivity contribution in [2.45, 2.75) is 31.8 Å². The number of nitro benzene ring substituents is 1. The number of nitrogens with zero attached hydrogens (tertiary/aromatic N) is 3. The summed E-state index contributed by atoms with van der Waals surface area (Å²) >= 11 is 0. The van der Waals surface area contributed by atoms with Crippen molar-refractivity contribution in [2.24, 2.45) is 0 Å². The number of hydrogen-bond donors (Lipinski definition) is 2. The lowest BCUT2D eigenvalue weighted by Gasteiger charge is -2.30. The SMILES string of the molecule is CN1CCC(Oc2cc(N3CCCC3)ccc2C(=O)Nc2ccc(F)cc2C(=O)Nc2ccc([N+](=O)[O-])cc2)CC1. The second-order valence-electron chi connectivity index (χ2n) is 10.4. The molecule has 0 aromatic heterocycles. The number of benzene rings is 3. The minimum absolute atomic E-state index is 0.0274. The fourth-order valence-electron chi connectivity index (χ4n) is 5.12. The van der Waals surface area contributed by atoms with E-state index in [-0.39, 0.29) is 28.7 Å². The van der Waals surface area contributed by atoms with Gasteiger partial charge in [-0.2, -0.15) is 0 Å². The molecule has 2 aliphatic rings. The zero-order chi connectivity index (χ0) is 28.9. The fraction of sp³-hybridized carbons (Fsp3) is 0.333. The van der Waals surface area contributed by atoms with Gasteiger partial charge < -0.3 is 25.2 Å². The van der Waals surface area contributed by atoms with Crippen LogP contribution < -0.4 is 20.3 Å². The second kappa shape index (κ2) is 12.3. The lowest BCUT2D eigenvalue weighted by atomic mass is 10.1. The molecule has 0 unspecified atom stereocenters. The number of rotatable bonds is 8. The molecule has 2 saturated heterocycles. The summed E-state index contributed by atoms with van der Waals surface area (Å²) in [5.41, 5.74) is 1.49. The Bertz CT molecular complexity index is 1430. The van der Waals surface area contributed by atoms with Crippen molar-refractivity contribution >= 4 is 34.6 Å². The van der Waals surface area contributed by atoms with Crippen molar-refractivity contribution in [1.29, 1.82) is 0 Å². The summed E-state index contributed by atoms with van der Waals surface area (Å²) in [6.07, 6.45) is 3.89. The predicted octanol–water partition coefficient (Wildman–Crippen LogP) is 5.31. The molecule has 0 bridgehead atoms. The molecule has 2 aliphatic heterocycles. The highest BCUT2D eigenvalue weighted by Gasteiger charge is 2.24. The Kier molecular flexibility index (Phi) is 8.44.